The van der Waals surface area contributed by atoms with E-state index in [0.717, 1.165) is 4.90 Å². The number of aliphatic hydroxyl groups is 1. The largest absolute Gasteiger partial charge is 0.417 e. The van der Waals surface area contributed by atoms with Gasteiger partial charge in [-0.05, 0) is 25.0 Å². The number of fused-ring (bicyclic) bond motifs is 1. The third-order valence-electron chi connectivity index (χ3n) is 4.73. The van der Waals surface area contributed by atoms with Gasteiger partial charge in [0.15, 0.2) is 5.60 Å². The number of halogens is 3. The van der Waals surface area contributed by atoms with E-state index in [9.17, 15) is 27.9 Å². The first kappa shape index (κ1) is 16.9. The summed E-state index contributed by atoms with van der Waals surface area (Å²) in [6, 6.07) is 6.52. The van der Waals surface area contributed by atoms with E-state index < -0.39 is 24.6 Å². The molecule has 0 saturated carbocycles. The Morgan fingerprint density at radius 3 is 1.96 bits per heavy atom. The van der Waals surface area contributed by atoms with Crippen LogP contribution in [0.15, 0.2) is 24.3 Å². The van der Waals surface area contributed by atoms with Crippen LogP contribution in [0, 0.1) is 0 Å². The van der Waals surface area contributed by atoms with Crippen LogP contribution in [0.4, 0.5) is 13.2 Å². The lowest BCUT2D eigenvalue weighted by molar-refractivity contribution is -0.272. The Balaban J connectivity index is 1.57. The second-order valence-electron chi connectivity index (χ2n) is 6.18. The number of benzene rings is 1. The van der Waals surface area contributed by atoms with E-state index in [0.29, 0.717) is 17.7 Å². The number of likely N-dealkylation sites (tertiary alicyclic amines) is 1. The van der Waals surface area contributed by atoms with Gasteiger partial charge in [0.05, 0.1) is 11.1 Å². The molecule has 8 heteroatoms. The Morgan fingerprint density at radius 2 is 1.50 bits per heavy atom. The quantitative estimate of drug-likeness (QED) is 0.849. The van der Waals surface area contributed by atoms with Crippen LogP contribution in [0.1, 0.15) is 33.6 Å². The van der Waals surface area contributed by atoms with E-state index in [-0.39, 0.29) is 31.4 Å². The Morgan fingerprint density at radius 1 is 1.00 bits per heavy atom. The number of alkyl halides is 3. The van der Waals surface area contributed by atoms with Crippen molar-refractivity contribution in [2.24, 2.45) is 0 Å². The maximum absolute atomic E-state index is 12.8. The van der Waals surface area contributed by atoms with Crippen molar-refractivity contribution in [3.63, 3.8) is 0 Å². The molecule has 2 aliphatic rings. The molecule has 1 fully saturated rings. The Hall–Kier alpha value is -1.93. The highest BCUT2D eigenvalue weighted by Crippen LogP contribution is 2.38. The minimum Gasteiger partial charge on any atom is -0.380 e. The second-order valence-corrected chi connectivity index (χ2v) is 6.18. The van der Waals surface area contributed by atoms with Crippen LogP contribution in [0.25, 0.3) is 0 Å². The molecule has 0 radical (unpaired) electrons. The highest BCUT2D eigenvalue weighted by atomic mass is 19.4. The van der Waals surface area contributed by atoms with Gasteiger partial charge in [-0.1, -0.05) is 12.1 Å². The third-order valence-corrected chi connectivity index (χ3v) is 4.73. The fourth-order valence-electron chi connectivity index (χ4n) is 3.11. The van der Waals surface area contributed by atoms with E-state index in [4.69, 9.17) is 0 Å². The Bertz CT molecular complexity index is 632. The van der Waals surface area contributed by atoms with Gasteiger partial charge in [0, 0.05) is 26.2 Å². The summed E-state index contributed by atoms with van der Waals surface area (Å²) < 4.78 is 38.3. The van der Waals surface area contributed by atoms with Crippen molar-refractivity contribution in [2.75, 3.05) is 26.2 Å². The van der Waals surface area contributed by atoms with Crippen molar-refractivity contribution in [3.8, 4) is 0 Å². The first-order valence-corrected chi connectivity index (χ1v) is 7.70. The maximum Gasteiger partial charge on any atom is 0.417 e. The molecule has 0 aliphatic carbocycles. The van der Waals surface area contributed by atoms with Gasteiger partial charge in [-0.2, -0.15) is 13.2 Å². The molecule has 2 amide bonds. The predicted molar refractivity (Wildman–Crippen MR) is 78.5 cm³/mol. The summed E-state index contributed by atoms with van der Waals surface area (Å²) in [7, 11) is 0. The highest BCUT2D eigenvalue weighted by Gasteiger charge is 2.54. The molecule has 1 aromatic rings. The van der Waals surface area contributed by atoms with E-state index >= 15 is 0 Å². The van der Waals surface area contributed by atoms with Crippen molar-refractivity contribution in [3.05, 3.63) is 35.4 Å². The lowest BCUT2D eigenvalue weighted by Crippen LogP contribution is -2.54. The summed E-state index contributed by atoms with van der Waals surface area (Å²) in [5, 5.41) is 9.64. The average Bonchev–Trinajstić information content (AvgIpc) is 2.78. The number of hydrogen-bond acceptors (Lipinski definition) is 4. The first-order chi connectivity index (χ1) is 11.2. The molecule has 2 heterocycles. The van der Waals surface area contributed by atoms with Crippen molar-refractivity contribution in [2.45, 2.75) is 24.6 Å². The van der Waals surface area contributed by atoms with Gasteiger partial charge < -0.3 is 10.0 Å². The fourth-order valence-corrected chi connectivity index (χ4v) is 3.11. The van der Waals surface area contributed by atoms with Crippen LogP contribution in [-0.4, -0.2) is 64.7 Å². The maximum atomic E-state index is 12.8. The van der Waals surface area contributed by atoms with E-state index in [1.165, 1.54) is 0 Å². The summed E-state index contributed by atoms with van der Waals surface area (Å²) in [5.41, 5.74) is -1.93. The lowest BCUT2D eigenvalue weighted by Gasteiger charge is -2.39. The molecule has 1 aromatic carbocycles. The zero-order valence-corrected chi connectivity index (χ0v) is 12.8. The summed E-state index contributed by atoms with van der Waals surface area (Å²) in [5.74, 6) is -0.751. The van der Waals surface area contributed by atoms with Crippen LogP contribution in [-0.2, 0) is 0 Å². The summed E-state index contributed by atoms with van der Waals surface area (Å²) in [6.07, 6.45) is -5.45. The van der Waals surface area contributed by atoms with Crippen molar-refractivity contribution in [1.29, 1.82) is 0 Å². The normalized spacial score (nSPS) is 21.2. The molecular formula is C16H17F3N2O3. The smallest absolute Gasteiger partial charge is 0.380 e. The molecule has 130 valence electrons. The second kappa shape index (κ2) is 5.86. The van der Waals surface area contributed by atoms with Gasteiger partial charge >= 0.3 is 6.18 Å². The van der Waals surface area contributed by atoms with Gasteiger partial charge in [0.2, 0.25) is 0 Å². The minimum absolute atomic E-state index is 0.0686. The van der Waals surface area contributed by atoms with E-state index in [2.05, 4.69) is 0 Å². The number of imide groups is 1. The van der Waals surface area contributed by atoms with Crippen molar-refractivity contribution >= 4 is 11.8 Å². The molecule has 0 aromatic heterocycles. The van der Waals surface area contributed by atoms with Gasteiger partial charge in [-0.25, -0.2) is 0 Å². The summed E-state index contributed by atoms with van der Waals surface area (Å²) in [4.78, 5) is 27.3. The van der Waals surface area contributed by atoms with Crippen LogP contribution in [0.3, 0.4) is 0 Å². The first-order valence-electron chi connectivity index (χ1n) is 7.70. The van der Waals surface area contributed by atoms with Crippen molar-refractivity contribution in [1.82, 2.24) is 9.80 Å². The molecule has 0 bridgehead atoms. The number of hydrogen-bond donors (Lipinski definition) is 1. The predicted octanol–water partition coefficient (Wildman–Crippen LogP) is 1.67. The van der Waals surface area contributed by atoms with Gasteiger partial charge in [-0.3, -0.25) is 14.5 Å². The SMILES string of the molecule is O=C1c2ccccc2C(=O)N1CCN1CCC(O)(C(F)(F)F)CC1. The Labute approximate surface area is 136 Å². The van der Waals surface area contributed by atoms with Gasteiger partial charge in [0.1, 0.15) is 0 Å². The number of piperidine rings is 1. The molecule has 0 spiro atoms. The topological polar surface area (TPSA) is 60.9 Å². The van der Waals surface area contributed by atoms with Crippen molar-refractivity contribution < 1.29 is 27.9 Å². The molecule has 5 nitrogen and oxygen atoms in total. The van der Waals surface area contributed by atoms with Crippen LogP contribution in [0.2, 0.25) is 0 Å². The molecule has 2 aliphatic heterocycles. The zero-order chi connectivity index (χ0) is 17.5. The number of amides is 2. The minimum atomic E-state index is -4.64. The molecule has 1 saturated heterocycles. The van der Waals surface area contributed by atoms with Crippen LogP contribution < -0.4 is 0 Å². The molecule has 1 N–H and O–H groups in total. The molecule has 3 rings (SSSR count). The molecule has 0 atom stereocenters. The van der Waals surface area contributed by atoms with Gasteiger partial charge in [0.25, 0.3) is 11.8 Å². The zero-order valence-electron chi connectivity index (χ0n) is 12.8. The van der Waals surface area contributed by atoms with Gasteiger partial charge in [-0.15, -0.1) is 0 Å². The lowest BCUT2D eigenvalue weighted by atomic mass is 9.91. The van der Waals surface area contributed by atoms with Crippen LogP contribution >= 0.6 is 0 Å². The summed E-state index contributed by atoms with van der Waals surface area (Å²) >= 11 is 0. The standard InChI is InChI=1S/C16H17F3N2O3/c17-16(18,19)15(24)5-7-20(8-6-15)9-10-21-13(22)11-3-1-2-4-12(11)14(21)23/h1-4,24H,5-10H2. The number of rotatable bonds is 3. The van der Waals surface area contributed by atoms with E-state index in [1.54, 1.807) is 29.2 Å². The number of carbonyl (C=O) groups is 2. The number of carbonyl (C=O) groups excluding carboxylic acids is 2. The van der Waals surface area contributed by atoms with Crippen LogP contribution in [0.5, 0.6) is 0 Å². The average molecular weight is 342 g/mol. The highest BCUT2D eigenvalue weighted by molar-refractivity contribution is 6.21. The number of nitrogens with zero attached hydrogens (tertiary/aromatic N) is 2. The molecule has 0 unspecified atom stereocenters. The Kier molecular flexibility index (Phi) is 4.13. The third kappa shape index (κ3) is 2.80. The molecule has 24 heavy (non-hydrogen) atoms. The summed E-state index contributed by atoms with van der Waals surface area (Å²) in [6.45, 7) is 0.550. The fraction of sp³-hybridized carbons (Fsp3) is 0.500. The molecular weight excluding hydrogens is 325 g/mol. The monoisotopic (exact) mass is 342 g/mol. The van der Waals surface area contributed by atoms with E-state index in [1.807, 2.05) is 0 Å².